The Morgan fingerprint density at radius 1 is 1.09 bits per heavy atom. The van der Waals surface area contributed by atoms with Crippen LogP contribution in [0.3, 0.4) is 0 Å². The lowest BCUT2D eigenvalue weighted by molar-refractivity contribution is -0.159. The van der Waals surface area contributed by atoms with E-state index in [0.29, 0.717) is 37.5 Å². The molecular formula is C25H26F3N3O4. The quantitative estimate of drug-likeness (QED) is 0.498. The van der Waals surface area contributed by atoms with Gasteiger partial charge >= 0.3 is 12.1 Å². The van der Waals surface area contributed by atoms with Crippen molar-refractivity contribution < 1.29 is 32.0 Å². The second kappa shape index (κ2) is 10.5. The number of benzene rings is 2. The number of carbonyl (C=O) groups excluding carboxylic acids is 1. The molecule has 2 unspecified atom stereocenters. The van der Waals surface area contributed by atoms with E-state index < -0.39 is 12.1 Å². The fraction of sp³-hybridized carbons (Fsp3) is 0.400. The van der Waals surface area contributed by atoms with Crippen LogP contribution in [0, 0.1) is 5.92 Å². The van der Waals surface area contributed by atoms with Gasteiger partial charge in [0.15, 0.2) is 0 Å². The Morgan fingerprint density at radius 2 is 1.86 bits per heavy atom. The van der Waals surface area contributed by atoms with E-state index in [1.165, 1.54) is 0 Å². The van der Waals surface area contributed by atoms with Gasteiger partial charge in [0.05, 0.1) is 25.1 Å². The summed E-state index contributed by atoms with van der Waals surface area (Å²) in [6, 6.07) is 14.2. The summed E-state index contributed by atoms with van der Waals surface area (Å²) in [7, 11) is 0. The van der Waals surface area contributed by atoms with E-state index in [4.69, 9.17) is 9.47 Å². The van der Waals surface area contributed by atoms with Gasteiger partial charge in [0.25, 0.3) is 0 Å². The van der Waals surface area contributed by atoms with Crippen molar-refractivity contribution in [2.24, 2.45) is 5.92 Å². The lowest BCUT2D eigenvalue weighted by Gasteiger charge is -2.31. The highest BCUT2D eigenvalue weighted by atomic mass is 19.4. The van der Waals surface area contributed by atoms with Gasteiger partial charge in [0, 0.05) is 17.7 Å². The molecule has 0 spiro atoms. The number of fused-ring (bicyclic) bond motifs is 1. The predicted molar refractivity (Wildman–Crippen MR) is 120 cm³/mol. The average molecular weight is 489 g/mol. The number of hydrogen-bond donors (Lipinski definition) is 0. The smallest absolute Gasteiger partial charge is 0.471 e. The number of hydrogen-bond acceptors (Lipinski definition) is 6. The van der Waals surface area contributed by atoms with Gasteiger partial charge in [0.2, 0.25) is 11.7 Å². The molecular weight excluding hydrogens is 463 g/mol. The van der Waals surface area contributed by atoms with Crippen LogP contribution in [-0.2, 0) is 22.3 Å². The van der Waals surface area contributed by atoms with Crippen molar-refractivity contribution in [3.63, 3.8) is 0 Å². The number of nitrogens with zero attached hydrogens (tertiary/aromatic N) is 3. The minimum Gasteiger partial charge on any atom is -0.491 e. The third-order valence-electron chi connectivity index (χ3n) is 5.85. The highest BCUT2D eigenvalue weighted by Gasteiger charge is 2.39. The Morgan fingerprint density at radius 3 is 2.51 bits per heavy atom. The van der Waals surface area contributed by atoms with E-state index in [2.05, 4.69) is 14.7 Å². The molecule has 1 aromatic heterocycles. The highest BCUT2D eigenvalue weighted by molar-refractivity contribution is 5.80. The van der Waals surface area contributed by atoms with Crippen LogP contribution in [0.25, 0.3) is 11.4 Å². The minimum atomic E-state index is -4.72. The van der Waals surface area contributed by atoms with Crippen LogP contribution in [0.15, 0.2) is 53.1 Å². The summed E-state index contributed by atoms with van der Waals surface area (Å²) in [5.74, 6) is -1.35. The maximum atomic E-state index is 13.4. The molecule has 0 bridgehead atoms. The average Bonchev–Trinajstić information content (AvgIpc) is 3.55. The first-order valence-electron chi connectivity index (χ1n) is 11.5. The maximum absolute atomic E-state index is 13.4. The molecule has 1 fully saturated rings. The Hall–Kier alpha value is -3.40. The molecule has 5 rings (SSSR count). The molecule has 0 aliphatic carbocycles. The van der Waals surface area contributed by atoms with Gasteiger partial charge in [0.1, 0.15) is 12.4 Å². The normalized spacial score (nSPS) is 19.7. The maximum Gasteiger partial charge on any atom is 0.471 e. The monoisotopic (exact) mass is 489 g/mol. The Labute approximate surface area is 200 Å². The third-order valence-corrected chi connectivity index (χ3v) is 5.85. The first kappa shape index (κ1) is 24.7. The van der Waals surface area contributed by atoms with Gasteiger partial charge < -0.3 is 18.9 Å². The van der Waals surface area contributed by atoms with Gasteiger partial charge in [-0.05, 0) is 18.1 Å². The summed E-state index contributed by atoms with van der Waals surface area (Å²) in [6.45, 7) is 5.44. The zero-order valence-electron chi connectivity index (χ0n) is 19.4. The van der Waals surface area contributed by atoms with Crippen LogP contribution >= 0.6 is 0 Å². The van der Waals surface area contributed by atoms with Crippen LogP contribution in [-0.4, -0.2) is 40.8 Å². The summed E-state index contributed by atoms with van der Waals surface area (Å²) in [6.07, 6.45) is -4.05. The van der Waals surface area contributed by atoms with Crippen LogP contribution in [0.2, 0.25) is 0 Å². The van der Waals surface area contributed by atoms with Crippen molar-refractivity contribution in [1.82, 2.24) is 15.0 Å². The second-order valence-electron chi connectivity index (χ2n) is 8.01. The van der Waals surface area contributed by atoms with E-state index in [0.717, 1.165) is 11.1 Å². The van der Waals surface area contributed by atoms with E-state index >= 15 is 0 Å². The van der Waals surface area contributed by atoms with Crippen molar-refractivity contribution in [2.45, 2.75) is 39.0 Å². The summed E-state index contributed by atoms with van der Waals surface area (Å²) in [4.78, 5) is 18.6. The molecule has 1 amide bonds. The predicted octanol–water partition coefficient (Wildman–Crippen LogP) is 5.28. The molecule has 7 nitrogen and oxygen atoms in total. The Balaban J connectivity index is 0.00000141. The zero-order chi connectivity index (χ0) is 25.0. The van der Waals surface area contributed by atoms with Gasteiger partial charge in [-0.1, -0.05) is 61.5 Å². The molecule has 2 aromatic carbocycles. The van der Waals surface area contributed by atoms with Crippen molar-refractivity contribution in [1.29, 1.82) is 0 Å². The number of rotatable bonds is 3. The lowest BCUT2D eigenvalue weighted by Crippen LogP contribution is -2.40. The van der Waals surface area contributed by atoms with E-state index in [-0.39, 0.29) is 30.3 Å². The number of halogens is 3. The van der Waals surface area contributed by atoms with Crippen LogP contribution < -0.4 is 4.74 Å². The Kier molecular flexibility index (Phi) is 7.39. The van der Waals surface area contributed by atoms with Crippen molar-refractivity contribution in [3.8, 4) is 17.1 Å². The van der Waals surface area contributed by atoms with Crippen LogP contribution in [0.5, 0.6) is 5.75 Å². The van der Waals surface area contributed by atoms with Crippen LogP contribution in [0.4, 0.5) is 13.2 Å². The lowest BCUT2D eigenvalue weighted by atomic mass is 10.0. The first-order chi connectivity index (χ1) is 16.9. The van der Waals surface area contributed by atoms with Gasteiger partial charge in [-0.25, -0.2) is 0 Å². The molecule has 0 N–H and O–H groups in total. The van der Waals surface area contributed by atoms with Gasteiger partial charge in [-0.2, -0.15) is 18.2 Å². The molecule has 35 heavy (non-hydrogen) atoms. The first-order valence-corrected chi connectivity index (χ1v) is 11.5. The fourth-order valence-electron chi connectivity index (χ4n) is 4.11. The van der Waals surface area contributed by atoms with Crippen LogP contribution in [0.1, 0.15) is 43.3 Å². The number of carbonyl (C=O) groups is 1. The summed E-state index contributed by atoms with van der Waals surface area (Å²) < 4.78 is 54.3. The zero-order valence-corrected chi connectivity index (χ0v) is 19.4. The highest BCUT2D eigenvalue weighted by Crippen LogP contribution is 2.36. The molecule has 2 atom stereocenters. The molecule has 2 aliphatic heterocycles. The van der Waals surface area contributed by atoms with E-state index in [1.807, 2.05) is 44.2 Å². The molecule has 3 heterocycles. The van der Waals surface area contributed by atoms with E-state index in [1.54, 1.807) is 23.1 Å². The number of alkyl halides is 3. The molecule has 186 valence electrons. The largest absolute Gasteiger partial charge is 0.491 e. The van der Waals surface area contributed by atoms with Crippen molar-refractivity contribution in [2.75, 3.05) is 19.8 Å². The summed E-state index contributed by atoms with van der Waals surface area (Å²) in [5.41, 5.74) is 2.00. The number of ether oxygens (including phenoxy) is 2. The molecule has 0 saturated carbocycles. The van der Waals surface area contributed by atoms with E-state index in [9.17, 15) is 18.0 Å². The second-order valence-corrected chi connectivity index (χ2v) is 8.01. The standard InChI is InChI=1S/C23H20F3N3O4.C2H6/c24-23(25,26)22-27-20(28-33-22)15-6-7-16-11-29(21(30)17-8-9-31-12-17)18(13-32-19(16)10-15)14-4-2-1-3-5-14;1-2/h1-7,10,17-18H,8-9,11-13H2;1-2H3. The SMILES string of the molecule is CC.O=C(C1CCOC1)N1Cc2ccc(-c3noc(C(F)(F)F)n3)cc2OCC1c1ccccc1. The minimum absolute atomic E-state index is 0.00475. The third kappa shape index (κ3) is 5.32. The van der Waals surface area contributed by atoms with Gasteiger partial charge in [-0.15, -0.1) is 0 Å². The summed E-state index contributed by atoms with van der Waals surface area (Å²) >= 11 is 0. The Bertz CT molecular complexity index is 1140. The molecule has 1 saturated heterocycles. The summed E-state index contributed by atoms with van der Waals surface area (Å²) in [5, 5.41) is 3.44. The number of amides is 1. The molecule has 3 aromatic rings. The molecule has 2 aliphatic rings. The fourth-order valence-corrected chi connectivity index (χ4v) is 4.11. The van der Waals surface area contributed by atoms with Gasteiger partial charge in [-0.3, -0.25) is 4.79 Å². The van der Waals surface area contributed by atoms with Crippen molar-refractivity contribution in [3.05, 3.63) is 65.5 Å². The number of aromatic nitrogens is 2. The topological polar surface area (TPSA) is 77.7 Å². The molecule has 10 heteroatoms. The molecule has 0 radical (unpaired) electrons. The van der Waals surface area contributed by atoms with Crippen molar-refractivity contribution >= 4 is 5.91 Å².